The van der Waals surface area contributed by atoms with Gasteiger partial charge in [0.15, 0.2) is 0 Å². The molecular weight excluding hydrogens is 255 g/mol. The molecule has 1 aliphatic heterocycles. The maximum Gasteiger partial charge on any atom is 0.234 e. The van der Waals surface area contributed by atoms with E-state index in [2.05, 4.69) is 10.2 Å². The summed E-state index contributed by atoms with van der Waals surface area (Å²) in [6, 6.07) is 6.71. The highest BCUT2D eigenvalue weighted by Gasteiger charge is 2.12. The zero-order valence-corrected chi connectivity index (χ0v) is 11.9. The third-order valence-corrected chi connectivity index (χ3v) is 3.74. The van der Waals surface area contributed by atoms with E-state index in [1.165, 1.54) is 31.7 Å². The number of benzene rings is 1. The Kier molecular flexibility index (Phi) is 5.99. The van der Waals surface area contributed by atoms with Crippen LogP contribution >= 0.6 is 0 Å². The van der Waals surface area contributed by atoms with E-state index in [9.17, 15) is 9.18 Å². The Hall–Kier alpha value is -1.42. The van der Waals surface area contributed by atoms with Crippen LogP contribution in [0.15, 0.2) is 24.3 Å². The van der Waals surface area contributed by atoms with Gasteiger partial charge in [0.25, 0.3) is 0 Å². The minimum absolute atomic E-state index is 0.0447. The zero-order chi connectivity index (χ0) is 14.2. The van der Waals surface area contributed by atoms with E-state index < -0.39 is 0 Å². The van der Waals surface area contributed by atoms with Crippen molar-refractivity contribution in [1.82, 2.24) is 10.2 Å². The van der Waals surface area contributed by atoms with Crippen molar-refractivity contribution in [2.24, 2.45) is 0 Å². The fourth-order valence-electron chi connectivity index (χ4n) is 2.59. The molecule has 20 heavy (non-hydrogen) atoms. The molecule has 1 heterocycles. The van der Waals surface area contributed by atoms with E-state index in [0.29, 0.717) is 25.1 Å². The lowest BCUT2D eigenvalue weighted by molar-refractivity contribution is -0.122. The first-order valence-electron chi connectivity index (χ1n) is 7.48. The van der Waals surface area contributed by atoms with Crippen LogP contribution in [0.4, 0.5) is 4.39 Å². The average Bonchev–Trinajstić information content (AvgIpc) is 2.69. The molecule has 0 radical (unpaired) electrons. The molecular formula is C16H23FN2O. The summed E-state index contributed by atoms with van der Waals surface area (Å²) in [6.45, 7) is 2.99. The third-order valence-electron chi connectivity index (χ3n) is 3.74. The second-order valence-electron chi connectivity index (χ2n) is 5.38. The molecule has 0 bridgehead atoms. The van der Waals surface area contributed by atoms with E-state index in [0.717, 1.165) is 13.1 Å². The molecule has 0 aliphatic carbocycles. The molecule has 0 aromatic heterocycles. The Morgan fingerprint density at radius 3 is 2.55 bits per heavy atom. The number of nitrogens with one attached hydrogen (secondary N) is 1. The van der Waals surface area contributed by atoms with Crippen LogP contribution in [0.5, 0.6) is 0 Å². The molecule has 1 aromatic rings. The maximum absolute atomic E-state index is 13.4. The second kappa shape index (κ2) is 8.00. The minimum Gasteiger partial charge on any atom is -0.355 e. The number of hydrogen-bond donors (Lipinski definition) is 1. The van der Waals surface area contributed by atoms with Crippen LogP contribution in [0.2, 0.25) is 0 Å². The van der Waals surface area contributed by atoms with Crippen molar-refractivity contribution in [3.8, 4) is 0 Å². The lowest BCUT2D eigenvalue weighted by Gasteiger charge is -2.18. The fourth-order valence-corrected chi connectivity index (χ4v) is 2.59. The monoisotopic (exact) mass is 278 g/mol. The Bertz CT molecular complexity index is 428. The summed E-state index contributed by atoms with van der Waals surface area (Å²) >= 11 is 0. The number of amides is 1. The second-order valence-corrected chi connectivity index (χ2v) is 5.38. The molecule has 0 unspecified atom stereocenters. The van der Waals surface area contributed by atoms with Gasteiger partial charge in [-0.25, -0.2) is 4.39 Å². The van der Waals surface area contributed by atoms with E-state index in [1.807, 2.05) is 6.07 Å². The molecule has 4 heteroatoms. The number of hydrogen-bond acceptors (Lipinski definition) is 2. The van der Waals surface area contributed by atoms with E-state index >= 15 is 0 Å². The number of carbonyl (C=O) groups excluding carboxylic acids is 1. The van der Waals surface area contributed by atoms with Crippen LogP contribution in [0.3, 0.4) is 0 Å². The van der Waals surface area contributed by atoms with Gasteiger partial charge in [0.05, 0.1) is 6.54 Å². The van der Waals surface area contributed by atoms with Crippen molar-refractivity contribution in [3.63, 3.8) is 0 Å². The number of rotatable bonds is 5. The first-order valence-corrected chi connectivity index (χ1v) is 7.48. The summed E-state index contributed by atoms with van der Waals surface area (Å²) in [5.41, 5.74) is 0.655. The largest absolute Gasteiger partial charge is 0.355 e. The standard InChI is InChI=1S/C16H23FN2O/c17-15-8-4-3-7-14(15)9-10-18-16(20)13-19-11-5-1-2-6-12-19/h3-4,7-8H,1-2,5-6,9-13H2,(H,18,20). The molecule has 3 nitrogen and oxygen atoms in total. The molecule has 1 N–H and O–H groups in total. The van der Waals surface area contributed by atoms with Gasteiger partial charge in [0, 0.05) is 6.54 Å². The number of halogens is 1. The molecule has 1 saturated heterocycles. The Morgan fingerprint density at radius 2 is 1.85 bits per heavy atom. The lowest BCUT2D eigenvalue weighted by atomic mass is 10.1. The Labute approximate surface area is 120 Å². The van der Waals surface area contributed by atoms with Gasteiger partial charge in [0.2, 0.25) is 5.91 Å². The summed E-state index contributed by atoms with van der Waals surface area (Å²) in [5, 5.41) is 2.88. The lowest BCUT2D eigenvalue weighted by Crippen LogP contribution is -2.38. The van der Waals surface area contributed by atoms with Gasteiger partial charge in [0.1, 0.15) is 5.82 Å². The zero-order valence-electron chi connectivity index (χ0n) is 11.9. The molecule has 110 valence electrons. The van der Waals surface area contributed by atoms with Gasteiger partial charge in [-0.05, 0) is 44.0 Å². The summed E-state index contributed by atoms with van der Waals surface area (Å²) in [5.74, 6) is -0.155. The number of carbonyl (C=O) groups is 1. The van der Waals surface area contributed by atoms with Gasteiger partial charge < -0.3 is 5.32 Å². The smallest absolute Gasteiger partial charge is 0.234 e. The SMILES string of the molecule is O=C(CN1CCCCCC1)NCCc1ccccc1F. The molecule has 0 spiro atoms. The van der Waals surface area contributed by atoms with E-state index in [4.69, 9.17) is 0 Å². The number of likely N-dealkylation sites (tertiary alicyclic amines) is 1. The van der Waals surface area contributed by atoms with E-state index in [1.54, 1.807) is 12.1 Å². The summed E-state index contributed by atoms with van der Waals surface area (Å²) < 4.78 is 13.4. The van der Waals surface area contributed by atoms with Crippen molar-refractivity contribution in [2.45, 2.75) is 32.1 Å². The van der Waals surface area contributed by atoms with Crippen LogP contribution in [-0.2, 0) is 11.2 Å². The maximum atomic E-state index is 13.4. The van der Waals surface area contributed by atoms with Gasteiger partial charge in [-0.3, -0.25) is 9.69 Å². The summed E-state index contributed by atoms with van der Waals surface area (Å²) in [7, 11) is 0. The molecule has 2 rings (SSSR count). The topological polar surface area (TPSA) is 32.3 Å². The van der Waals surface area contributed by atoms with E-state index in [-0.39, 0.29) is 11.7 Å². The van der Waals surface area contributed by atoms with Crippen molar-refractivity contribution in [3.05, 3.63) is 35.6 Å². The minimum atomic E-state index is -0.200. The normalized spacial score (nSPS) is 16.6. The molecule has 1 aliphatic rings. The van der Waals surface area contributed by atoms with Crippen LogP contribution in [0.25, 0.3) is 0 Å². The number of nitrogens with zero attached hydrogens (tertiary/aromatic N) is 1. The van der Waals surface area contributed by atoms with Gasteiger partial charge >= 0.3 is 0 Å². The summed E-state index contributed by atoms with van der Waals surface area (Å²) in [6.07, 6.45) is 5.44. The van der Waals surface area contributed by atoms with Crippen molar-refractivity contribution in [2.75, 3.05) is 26.2 Å². The quantitative estimate of drug-likeness (QED) is 0.897. The van der Waals surface area contributed by atoms with Gasteiger partial charge in [-0.1, -0.05) is 31.0 Å². The highest BCUT2D eigenvalue weighted by molar-refractivity contribution is 5.78. The third kappa shape index (κ3) is 4.93. The molecule has 0 saturated carbocycles. The molecule has 1 amide bonds. The first kappa shape index (κ1) is 15.0. The van der Waals surface area contributed by atoms with Gasteiger partial charge in [-0.15, -0.1) is 0 Å². The summed E-state index contributed by atoms with van der Waals surface area (Å²) in [4.78, 5) is 14.1. The predicted molar refractivity (Wildman–Crippen MR) is 78.0 cm³/mol. The first-order chi connectivity index (χ1) is 9.75. The van der Waals surface area contributed by atoms with Crippen LogP contribution < -0.4 is 5.32 Å². The molecule has 0 atom stereocenters. The van der Waals surface area contributed by atoms with Crippen LogP contribution in [0, 0.1) is 5.82 Å². The molecule has 1 aromatic carbocycles. The average molecular weight is 278 g/mol. The molecule has 1 fully saturated rings. The van der Waals surface area contributed by atoms with Crippen molar-refractivity contribution >= 4 is 5.91 Å². The fraction of sp³-hybridized carbons (Fsp3) is 0.562. The highest BCUT2D eigenvalue weighted by atomic mass is 19.1. The van der Waals surface area contributed by atoms with Crippen molar-refractivity contribution < 1.29 is 9.18 Å². The van der Waals surface area contributed by atoms with Gasteiger partial charge in [-0.2, -0.15) is 0 Å². The Balaban J connectivity index is 1.68. The Morgan fingerprint density at radius 1 is 1.15 bits per heavy atom. The predicted octanol–water partition coefficient (Wildman–Crippen LogP) is 2.36. The van der Waals surface area contributed by atoms with Crippen molar-refractivity contribution in [1.29, 1.82) is 0 Å². The highest BCUT2D eigenvalue weighted by Crippen LogP contribution is 2.09. The van der Waals surface area contributed by atoms with Crippen LogP contribution in [0.1, 0.15) is 31.2 Å². The van der Waals surface area contributed by atoms with Crippen LogP contribution in [-0.4, -0.2) is 37.0 Å².